The molecule has 4 N–H and O–H groups in total. The second kappa shape index (κ2) is 12.2. The van der Waals surface area contributed by atoms with Gasteiger partial charge in [0.05, 0.1) is 12.7 Å². The number of carbonyl (C=O) groups is 1. The summed E-state index contributed by atoms with van der Waals surface area (Å²) < 4.78 is 14.3. The largest absolute Gasteiger partial charge is 0.392 e. The maximum absolute atomic E-state index is 12.2. The standard InChI is InChI=1S/C15H20N4O3.C12H16N4O3/c1-5-15(8-16)10(3)9(2)13(22-15)19-7-6-12(17-11(4)20)18-14(19)21;1-7-8(2)12(5-13,6-17)19-10(7)16-4-3-9(14)15-11(16)18/h6-7,9-10,13H,5H2,1-4H3,(H,17,18,20,21);3-4,7-8,10,17H,6H2,1-2H3,(H2,14,15,18). The molecule has 0 radical (unpaired) electrons. The monoisotopic (exact) mass is 568 g/mol. The number of rotatable bonds is 5. The number of nitrogen functional groups attached to an aromatic ring is 1. The first kappa shape index (κ1) is 31.4. The fourth-order valence-corrected chi connectivity index (χ4v) is 5.26. The lowest BCUT2D eigenvalue weighted by Crippen LogP contribution is -2.37. The maximum Gasteiger partial charge on any atom is 0.351 e. The van der Waals surface area contributed by atoms with E-state index in [4.69, 9.17) is 15.2 Å². The number of nitriles is 2. The Bertz CT molecular complexity index is 1480. The van der Waals surface area contributed by atoms with Crippen LogP contribution in [0.3, 0.4) is 0 Å². The number of nitrogens with one attached hydrogen (secondary N) is 1. The molecule has 220 valence electrons. The summed E-state index contributed by atoms with van der Waals surface area (Å²) in [6, 6.07) is 7.29. The van der Waals surface area contributed by atoms with E-state index in [0.29, 0.717) is 6.42 Å². The highest BCUT2D eigenvalue weighted by atomic mass is 16.5. The van der Waals surface area contributed by atoms with E-state index in [2.05, 4.69) is 21.4 Å². The zero-order valence-electron chi connectivity index (χ0n) is 23.9. The summed E-state index contributed by atoms with van der Waals surface area (Å²) >= 11 is 0. The molecule has 8 unspecified atom stereocenters. The molecule has 41 heavy (non-hydrogen) atoms. The average molecular weight is 569 g/mol. The van der Waals surface area contributed by atoms with Gasteiger partial charge in [0.15, 0.2) is 11.2 Å². The van der Waals surface area contributed by atoms with Crippen molar-refractivity contribution >= 4 is 17.5 Å². The van der Waals surface area contributed by atoms with Crippen LogP contribution >= 0.6 is 0 Å². The van der Waals surface area contributed by atoms with E-state index in [1.807, 2.05) is 40.7 Å². The fourth-order valence-electron chi connectivity index (χ4n) is 5.26. The van der Waals surface area contributed by atoms with Gasteiger partial charge in [-0.1, -0.05) is 34.6 Å². The molecule has 2 saturated heterocycles. The van der Waals surface area contributed by atoms with Gasteiger partial charge in [-0.3, -0.25) is 13.9 Å². The van der Waals surface area contributed by atoms with Gasteiger partial charge in [-0.2, -0.15) is 20.5 Å². The van der Waals surface area contributed by atoms with Crippen molar-refractivity contribution in [3.63, 3.8) is 0 Å². The van der Waals surface area contributed by atoms with Gasteiger partial charge in [0, 0.05) is 43.0 Å². The summed E-state index contributed by atoms with van der Waals surface area (Å²) in [5.74, 6) is -0.298. The van der Waals surface area contributed by atoms with E-state index in [-0.39, 0.29) is 41.2 Å². The molecule has 2 aromatic heterocycles. The quantitative estimate of drug-likeness (QED) is 0.471. The number of hydrogen-bond acceptors (Lipinski definition) is 11. The zero-order valence-corrected chi connectivity index (χ0v) is 23.9. The highest BCUT2D eigenvalue weighted by Crippen LogP contribution is 2.47. The number of amides is 1. The van der Waals surface area contributed by atoms with E-state index in [1.165, 1.54) is 34.5 Å². The molecule has 0 aromatic carbocycles. The number of aliphatic hydroxyl groups is 1. The number of aromatic nitrogens is 4. The van der Waals surface area contributed by atoms with Crippen LogP contribution in [-0.2, 0) is 14.3 Å². The summed E-state index contributed by atoms with van der Waals surface area (Å²) in [4.78, 5) is 42.5. The van der Waals surface area contributed by atoms with Gasteiger partial charge >= 0.3 is 11.4 Å². The number of ether oxygens (including phenoxy) is 2. The molecule has 0 spiro atoms. The lowest BCUT2D eigenvalue weighted by molar-refractivity contribution is -0.114. The summed E-state index contributed by atoms with van der Waals surface area (Å²) in [5, 5.41) is 30.6. The Morgan fingerprint density at radius 2 is 1.49 bits per heavy atom. The van der Waals surface area contributed by atoms with Gasteiger partial charge in [-0.15, -0.1) is 0 Å². The van der Waals surface area contributed by atoms with Crippen molar-refractivity contribution in [2.45, 2.75) is 71.6 Å². The summed E-state index contributed by atoms with van der Waals surface area (Å²) in [7, 11) is 0. The van der Waals surface area contributed by atoms with Crippen LogP contribution in [0.25, 0.3) is 0 Å². The molecule has 2 aliphatic rings. The molecule has 2 fully saturated rings. The molecule has 4 rings (SSSR count). The Kier molecular flexibility index (Phi) is 9.33. The summed E-state index contributed by atoms with van der Waals surface area (Å²) in [6.07, 6.45) is 2.40. The van der Waals surface area contributed by atoms with E-state index in [0.717, 1.165) is 0 Å². The lowest BCUT2D eigenvalue weighted by Gasteiger charge is -2.23. The molecular weight excluding hydrogens is 532 g/mol. The first-order valence-electron chi connectivity index (χ1n) is 13.3. The van der Waals surface area contributed by atoms with Crippen molar-refractivity contribution in [3.8, 4) is 12.1 Å². The fraction of sp³-hybridized carbons (Fsp3) is 0.593. The Balaban J connectivity index is 0.000000228. The molecular formula is C27H36N8O6. The maximum atomic E-state index is 12.2. The SMILES string of the molecule is CC1C(n2ccc(N)nc2=O)OC(C#N)(CO)C1C.CCC1(C#N)OC(n2ccc(NC(C)=O)nc2=O)C(C)C1C. The molecule has 14 nitrogen and oxygen atoms in total. The third-order valence-corrected chi connectivity index (χ3v) is 8.28. The number of aliphatic hydroxyl groups excluding tert-OH is 1. The molecule has 0 bridgehead atoms. The van der Waals surface area contributed by atoms with E-state index in [1.54, 1.807) is 6.07 Å². The Morgan fingerprint density at radius 3 is 1.88 bits per heavy atom. The topological polar surface area (TPSA) is 211 Å². The third-order valence-electron chi connectivity index (χ3n) is 8.28. The summed E-state index contributed by atoms with van der Waals surface area (Å²) in [5.41, 5.74) is 2.21. The van der Waals surface area contributed by atoms with Gasteiger partial charge in [0.1, 0.15) is 30.2 Å². The van der Waals surface area contributed by atoms with Crippen LogP contribution in [-0.4, -0.2) is 47.9 Å². The van der Waals surface area contributed by atoms with E-state index < -0.39 is 41.6 Å². The molecule has 4 heterocycles. The molecule has 2 aliphatic heterocycles. The number of carbonyl (C=O) groups excluding carboxylic acids is 1. The van der Waals surface area contributed by atoms with Crippen LogP contribution in [0.1, 0.15) is 60.4 Å². The van der Waals surface area contributed by atoms with Crippen LogP contribution in [0, 0.1) is 46.3 Å². The minimum Gasteiger partial charge on any atom is -0.392 e. The van der Waals surface area contributed by atoms with Crippen LogP contribution in [0.2, 0.25) is 0 Å². The average Bonchev–Trinajstić information content (AvgIpc) is 3.34. The number of nitrogens with two attached hydrogens (primary N) is 1. The Morgan fingerprint density at radius 1 is 1.00 bits per heavy atom. The van der Waals surface area contributed by atoms with Crippen molar-refractivity contribution in [1.82, 2.24) is 19.1 Å². The Labute approximate surface area is 237 Å². The van der Waals surface area contributed by atoms with Gasteiger partial charge in [-0.25, -0.2) is 9.59 Å². The first-order chi connectivity index (χ1) is 19.3. The second-order valence-corrected chi connectivity index (χ2v) is 10.6. The van der Waals surface area contributed by atoms with Crippen molar-refractivity contribution in [2.75, 3.05) is 17.7 Å². The highest BCUT2D eigenvalue weighted by molar-refractivity contribution is 5.87. The smallest absolute Gasteiger partial charge is 0.351 e. The van der Waals surface area contributed by atoms with Crippen molar-refractivity contribution in [3.05, 3.63) is 45.5 Å². The Hall–Kier alpha value is -4.11. The minimum absolute atomic E-state index is 0.00517. The van der Waals surface area contributed by atoms with Crippen LogP contribution in [0.4, 0.5) is 11.6 Å². The normalized spacial score (nSPS) is 32.3. The number of nitrogens with zero attached hydrogens (tertiary/aromatic N) is 6. The van der Waals surface area contributed by atoms with Gasteiger partial charge in [-0.05, 0) is 18.6 Å². The number of anilines is 2. The molecule has 0 aliphatic carbocycles. The van der Waals surface area contributed by atoms with Gasteiger partial charge in [0.2, 0.25) is 5.91 Å². The predicted octanol–water partition coefficient (Wildman–Crippen LogP) is 1.56. The van der Waals surface area contributed by atoms with Gasteiger partial charge < -0.3 is 25.6 Å². The van der Waals surface area contributed by atoms with Crippen molar-refractivity contribution in [2.24, 2.45) is 23.7 Å². The van der Waals surface area contributed by atoms with Crippen LogP contribution in [0.5, 0.6) is 0 Å². The minimum atomic E-state index is -1.29. The third kappa shape index (κ3) is 5.86. The van der Waals surface area contributed by atoms with E-state index in [9.17, 15) is 30.0 Å². The highest BCUT2D eigenvalue weighted by Gasteiger charge is 2.52. The predicted molar refractivity (Wildman–Crippen MR) is 147 cm³/mol. The van der Waals surface area contributed by atoms with E-state index >= 15 is 0 Å². The van der Waals surface area contributed by atoms with Gasteiger partial charge in [0.25, 0.3) is 0 Å². The van der Waals surface area contributed by atoms with Crippen LogP contribution in [0.15, 0.2) is 34.1 Å². The molecule has 0 saturated carbocycles. The summed E-state index contributed by atoms with van der Waals surface area (Å²) in [6.45, 7) is 10.4. The number of hydrogen-bond donors (Lipinski definition) is 3. The lowest BCUT2D eigenvalue weighted by atomic mass is 9.82. The van der Waals surface area contributed by atoms with Crippen molar-refractivity contribution in [1.29, 1.82) is 10.5 Å². The second-order valence-electron chi connectivity index (χ2n) is 10.6. The molecule has 1 amide bonds. The first-order valence-corrected chi connectivity index (χ1v) is 13.3. The zero-order chi connectivity index (χ0) is 30.7. The van der Waals surface area contributed by atoms with Crippen LogP contribution < -0.4 is 22.4 Å². The molecule has 8 atom stereocenters. The molecule has 14 heteroatoms. The van der Waals surface area contributed by atoms with Crippen molar-refractivity contribution < 1.29 is 19.4 Å². The molecule has 2 aromatic rings.